The number of aryl methyl sites for hydroxylation is 3. The standard InChI is InChI=1S/C31H30N4O2/c1-19-8-11-26-24(16-19)25(18-28(32-26)22-10-9-20(2)21(3)17-22)30(36)34-14-12-23(13-15-34)35-29-7-5-4-6-27(29)33-31(35)37/h4-11,16-18,23H,12-15H2,1-3H3,(H,33,37). The maximum Gasteiger partial charge on any atom is 0.326 e. The van der Waals surface area contributed by atoms with E-state index in [1.54, 1.807) is 0 Å². The van der Waals surface area contributed by atoms with Gasteiger partial charge in [0.25, 0.3) is 5.91 Å². The first-order valence-electron chi connectivity index (χ1n) is 12.9. The van der Waals surface area contributed by atoms with Crippen LogP contribution in [-0.4, -0.2) is 38.4 Å². The third kappa shape index (κ3) is 4.12. The summed E-state index contributed by atoms with van der Waals surface area (Å²) in [6, 6.07) is 22.2. The van der Waals surface area contributed by atoms with E-state index in [4.69, 9.17) is 4.98 Å². The Balaban J connectivity index is 1.33. The van der Waals surface area contributed by atoms with Crippen LogP contribution >= 0.6 is 0 Å². The number of piperidine rings is 1. The number of rotatable bonds is 3. The Morgan fingerprint density at radius 3 is 2.49 bits per heavy atom. The minimum absolute atomic E-state index is 0.0211. The maximum absolute atomic E-state index is 13.9. The van der Waals surface area contributed by atoms with Crippen LogP contribution in [0.5, 0.6) is 0 Å². The Morgan fingerprint density at radius 2 is 1.70 bits per heavy atom. The molecule has 0 unspecified atom stereocenters. The molecule has 0 radical (unpaired) electrons. The Bertz CT molecular complexity index is 1720. The lowest BCUT2D eigenvalue weighted by atomic mass is 9.98. The molecule has 3 aromatic carbocycles. The molecular formula is C31H30N4O2. The highest BCUT2D eigenvalue weighted by Crippen LogP contribution is 2.30. The van der Waals surface area contributed by atoms with Gasteiger partial charge in [-0.2, -0.15) is 0 Å². The summed E-state index contributed by atoms with van der Waals surface area (Å²) in [5.41, 5.74) is 8.54. The molecule has 1 amide bonds. The van der Waals surface area contributed by atoms with Gasteiger partial charge in [-0.05, 0) is 81.1 Å². The SMILES string of the molecule is Cc1ccc2nc(-c3ccc(C)c(C)c3)cc(C(=O)N3CCC(n4c(=O)[nH]c5ccccc54)CC3)c2c1. The number of amides is 1. The number of benzene rings is 3. The lowest BCUT2D eigenvalue weighted by molar-refractivity contribution is 0.0697. The van der Waals surface area contributed by atoms with Gasteiger partial charge >= 0.3 is 5.69 Å². The van der Waals surface area contributed by atoms with E-state index < -0.39 is 0 Å². The van der Waals surface area contributed by atoms with Gasteiger partial charge in [0.1, 0.15) is 0 Å². The molecule has 186 valence electrons. The number of fused-ring (bicyclic) bond motifs is 2. The fraction of sp³-hybridized carbons (Fsp3) is 0.258. The number of hydrogen-bond donors (Lipinski definition) is 1. The first-order valence-corrected chi connectivity index (χ1v) is 12.9. The Hall–Kier alpha value is -4.19. The van der Waals surface area contributed by atoms with Crippen molar-refractivity contribution in [3.05, 3.63) is 99.5 Å². The monoisotopic (exact) mass is 490 g/mol. The van der Waals surface area contributed by atoms with Crippen LogP contribution in [0.1, 0.15) is 45.9 Å². The highest BCUT2D eigenvalue weighted by molar-refractivity contribution is 6.07. The zero-order chi connectivity index (χ0) is 25.7. The van der Waals surface area contributed by atoms with Crippen molar-refractivity contribution in [1.82, 2.24) is 19.4 Å². The third-order valence-electron chi connectivity index (χ3n) is 7.74. The van der Waals surface area contributed by atoms with Crippen LogP contribution < -0.4 is 5.69 Å². The third-order valence-corrected chi connectivity index (χ3v) is 7.74. The average molecular weight is 491 g/mol. The molecule has 1 N–H and O–H groups in total. The van der Waals surface area contributed by atoms with Gasteiger partial charge in [0.15, 0.2) is 0 Å². The molecule has 2 aromatic heterocycles. The predicted molar refractivity (Wildman–Crippen MR) is 148 cm³/mol. The number of H-pyrrole nitrogens is 1. The number of nitrogens with one attached hydrogen (secondary N) is 1. The van der Waals surface area contributed by atoms with E-state index in [0.717, 1.165) is 51.6 Å². The number of hydrogen-bond acceptors (Lipinski definition) is 3. The van der Waals surface area contributed by atoms with Crippen molar-refractivity contribution in [2.75, 3.05) is 13.1 Å². The molecule has 5 aromatic rings. The van der Waals surface area contributed by atoms with Crippen LogP contribution in [0, 0.1) is 20.8 Å². The van der Waals surface area contributed by atoms with E-state index >= 15 is 0 Å². The molecule has 0 spiro atoms. The first-order chi connectivity index (χ1) is 17.9. The summed E-state index contributed by atoms with van der Waals surface area (Å²) in [5.74, 6) is 0.0211. The van der Waals surface area contributed by atoms with E-state index in [1.807, 2.05) is 58.9 Å². The van der Waals surface area contributed by atoms with Gasteiger partial charge < -0.3 is 9.88 Å². The van der Waals surface area contributed by atoms with Gasteiger partial charge in [0.05, 0.1) is 27.8 Å². The summed E-state index contributed by atoms with van der Waals surface area (Å²) < 4.78 is 1.86. The normalized spacial score (nSPS) is 14.5. The topological polar surface area (TPSA) is 71.0 Å². The number of para-hydroxylation sites is 2. The van der Waals surface area contributed by atoms with Crippen LogP contribution in [0.2, 0.25) is 0 Å². The molecule has 6 heteroatoms. The number of imidazole rings is 1. The summed E-state index contributed by atoms with van der Waals surface area (Å²) in [7, 11) is 0. The molecule has 1 aliphatic heterocycles. The maximum atomic E-state index is 13.9. The number of aromatic amines is 1. The lowest BCUT2D eigenvalue weighted by Gasteiger charge is -2.33. The van der Waals surface area contributed by atoms with Crippen molar-refractivity contribution in [3.8, 4) is 11.3 Å². The van der Waals surface area contributed by atoms with Crippen LogP contribution in [0.3, 0.4) is 0 Å². The van der Waals surface area contributed by atoms with Gasteiger partial charge in [-0.15, -0.1) is 0 Å². The Labute approximate surface area is 215 Å². The fourth-order valence-electron chi connectivity index (χ4n) is 5.50. The lowest BCUT2D eigenvalue weighted by Crippen LogP contribution is -2.40. The number of carbonyl (C=O) groups is 1. The summed E-state index contributed by atoms with van der Waals surface area (Å²) >= 11 is 0. The van der Waals surface area contributed by atoms with Gasteiger partial charge in [-0.3, -0.25) is 9.36 Å². The summed E-state index contributed by atoms with van der Waals surface area (Å²) in [4.78, 5) is 36.4. The minimum Gasteiger partial charge on any atom is -0.338 e. The molecule has 3 heterocycles. The zero-order valence-electron chi connectivity index (χ0n) is 21.4. The highest BCUT2D eigenvalue weighted by atomic mass is 16.2. The van der Waals surface area contributed by atoms with Crippen molar-refractivity contribution in [3.63, 3.8) is 0 Å². The van der Waals surface area contributed by atoms with Gasteiger partial charge in [0.2, 0.25) is 0 Å². The summed E-state index contributed by atoms with van der Waals surface area (Å²) in [6.07, 6.45) is 1.47. The van der Waals surface area contributed by atoms with Crippen molar-refractivity contribution < 1.29 is 4.79 Å². The van der Waals surface area contributed by atoms with E-state index in [-0.39, 0.29) is 17.6 Å². The van der Waals surface area contributed by atoms with Crippen LogP contribution in [0.4, 0.5) is 0 Å². The molecule has 0 atom stereocenters. The number of aromatic nitrogens is 3. The van der Waals surface area contributed by atoms with Gasteiger partial charge in [-0.25, -0.2) is 9.78 Å². The summed E-state index contributed by atoms with van der Waals surface area (Å²) in [6.45, 7) is 7.43. The Kier molecular flexibility index (Phi) is 5.67. The molecule has 6 nitrogen and oxygen atoms in total. The molecular weight excluding hydrogens is 460 g/mol. The van der Waals surface area contributed by atoms with E-state index in [0.29, 0.717) is 18.7 Å². The first kappa shape index (κ1) is 23.2. The fourth-order valence-corrected chi connectivity index (χ4v) is 5.50. The molecule has 6 rings (SSSR count). The van der Waals surface area contributed by atoms with Crippen molar-refractivity contribution in [2.24, 2.45) is 0 Å². The van der Waals surface area contributed by atoms with Crippen LogP contribution in [0.15, 0.2) is 71.5 Å². The second-order valence-corrected chi connectivity index (χ2v) is 10.2. The number of nitrogens with zero attached hydrogens (tertiary/aromatic N) is 3. The molecule has 1 saturated heterocycles. The molecule has 37 heavy (non-hydrogen) atoms. The summed E-state index contributed by atoms with van der Waals surface area (Å²) in [5, 5.41) is 0.882. The average Bonchev–Trinajstić information content (AvgIpc) is 3.25. The molecule has 1 fully saturated rings. The van der Waals surface area contributed by atoms with Crippen molar-refractivity contribution in [2.45, 2.75) is 39.7 Å². The highest BCUT2D eigenvalue weighted by Gasteiger charge is 2.28. The second-order valence-electron chi connectivity index (χ2n) is 10.2. The minimum atomic E-state index is -0.0837. The predicted octanol–water partition coefficient (Wildman–Crippen LogP) is 5.95. The molecule has 1 aliphatic rings. The molecule has 0 saturated carbocycles. The van der Waals surface area contributed by atoms with Crippen LogP contribution in [0.25, 0.3) is 33.2 Å². The largest absolute Gasteiger partial charge is 0.338 e. The van der Waals surface area contributed by atoms with E-state index in [9.17, 15) is 9.59 Å². The Morgan fingerprint density at radius 1 is 0.919 bits per heavy atom. The quantitative estimate of drug-likeness (QED) is 0.340. The zero-order valence-corrected chi connectivity index (χ0v) is 21.4. The number of pyridine rings is 1. The van der Waals surface area contributed by atoms with Gasteiger partial charge in [0, 0.05) is 30.1 Å². The van der Waals surface area contributed by atoms with E-state index in [1.165, 1.54) is 11.1 Å². The molecule has 0 bridgehead atoms. The van der Waals surface area contributed by atoms with Crippen LogP contribution in [-0.2, 0) is 0 Å². The van der Waals surface area contributed by atoms with Crippen molar-refractivity contribution in [1.29, 1.82) is 0 Å². The van der Waals surface area contributed by atoms with Crippen molar-refractivity contribution >= 4 is 27.8 Å². The number of carbonyl (C=O) groups excluding carboxylic acids is 1. The second kappa shape index (κ2) is 9.04. The number of likely N-dealkylation sites (tertiary alicyclic amines) is 1. The smallest absolute Gasteiger partial charge is 0.326 e. The van der Waals surface area contributed by atoms with E-state index in [2.05, 4.69) is 43.1 Å². The molecule has 0 aliphatic carbocycles. The van der Waals surface area contributed by atoms with Gasteiger partial charge in [-0.1, -0.05) is 35.9 Å².